The molecule has 2 amide bonds. The molecule has 1 N–H and O–H groups in total. The summed E-state index contributed by atoms with van der Waals surface area (Å²) in [7, 11) is 6.49. The van der Waals surface area contributed by atoms with E-state index in [2.05, 4.69) is 5.32 Å². The predicted octanol–water partition coefficient (Wildman–Crippen LogP) is 3.06. The molecule has 6 nitrogen and oxygen atoms in total. The zero-order chi connectivity index (χ0) is 19.1. The number of carbonyl (C=O) groups is 2. The second kappa shape index (κ2) is 8.71. The fourth-order valence-corrected chi connectivity index (χ4v) is 2.26. The summed E-state index contributed by atoms with van der Waals surface area (Å²) in [5.41, 5.74) is 2.02. The quantitative estimate of drug-likeness (QED) is 0.810. The lowest BCUT2D eigenvalue weighted by Gasteiger charge is -2.10. The molecule has 0 heterocycles. The second-order valence-electron chi connectivity index (χ2n) is 5.71. The monoisotopic (exact) mass is 354 g/mol. The number of nitrogens with one attached hydrogen (secondary N) is 1. The van der Waals surface area contributed by atoms with Gasteiger partial charge in [-0.1, -0.05) is 12.1 Å². The number of hydrogen-bond acceptors (Lipinski definition) is 4. The number of hydrogen-bond donors (Lipinski definition) is 1. The van der Waals surface area contributed by atoms with Crippen LogP contribution in [0.15, 0.2) is 48.5 Å². The van der Waals surface area contributed by atoms with Crippen molar-refractivity contribution in [2.24, 2.45) is 0 Å². The van der Waals surface area contributed by atoms with E-state index in [4.69, 9.17) is 9.47 Å². The molecule has 0 aliphatic heterocycles. The summed E-state index contributed by atoms with van der Waals surface area (Å²) < 4.78 is 10.4. The summed E-state index contributed by atoms with van der Waals surface area (Å²) in [6.07, 6.45) is 3.11. The number of methoxy groups -OCH3 is 2. The number of anilines is 1. The van der Waals surface area contributed by atoms with E-state index in [1.165, 1.54) is 18.1 Å². The molecule has 0 atom stereocenters. The first-order valence-electron chi connectivity index (χ1n) is 7.97. The van der Waals surface area contributed by atoms with Gasteiger partial charge in [-0.3, -0.25) is 9.59 Å². The van der Waals surface area contributed by atoms with Crippen LogP contribution in [0.2, 0.25) is 0 Å². The van der Waals surface area contributed by atoms with Gasteiger partial charge in [0.25, 0.3) is 5.91 Å². The first-order chi connectivity index (χ1) is 12.4. The van der Waals surface area contributed by atoms with Crippen LogP contribution in [0.5, 0.6) is 11.5 Å². The zero-order valence-electron chi connectivity index (χ0n) is 15.3. The van der Waals surface area contributed by atoms with Gasteiger partial charge in [-0.2, -0.15) is 0 Å². The van der Waals surface area contributed by atoms with Crippen LogP contribution in [0, 0.1) is 0 Å². The molecule has 2 aromatic rings. The van der Waals surface area contributed by atoms with E-state index >= 15 is 0 Å². The molecule has 0 aliphatic rings. The van der Waals surface area contributed by atoms with Crippen LogP contribution >= 0.6 is 0 Å². The highest BCUT2D eigenvalue weighted by Gasteiger charge is 2.07. The maximum Gasteiger partial charge on any atom is 0.253 e. The van der Waals surface area contributed by atoms with Gasteiger partial charge in [0, 0.05) is 37.5 Å². The lowest BCUT2D eigenvalue weighted by Crippen LogP contribution is -2.21. The number of ether oxygens (including phenoxy) is 2. The van der Waals surface area contributed by atoms with Gasteiger partial charge in [0.1, 0.15) is 0 Å². The van der Waals surface area contributed by atoms with Gasteiger partial charge >= 0.3 is 0 Å². The van der Waals surface area contributed by atoms with Gasteiger partial charge in [0.2, 0.25) is 5.91 Å². The number of rotatable bonds is 6. The van der Waals surface area contributed by atoms with Crippen molar-refractivity contribution in [3.8, 4) is 11.5 Å². The third kappa shape index (κ3) is 4.86. The first kappa shape index (κ1) is 19.1. The van der Waals surface area contributed by atoms with Crippen molar-refractivity contribution >= 4 is 23.6 Å². The molecule has 0 saturated heterocycles. The van der Waals surface area contributed by atoms with Gasteiger partial charge < -0.3 is 19.7 Å². The molecule has 0 fully saturated rings. The fourth-order valence-electron chi connectivity index (χ4n) is 2.26. The molecular formula is C20H22N2O4. The first-order valence-corrected chi connectivity index (χ1v) is 7.97. The van der Waals surface area contributed by atoms with Crippen LogP contribution in [0.25, 0.3) is 6.08 Å². The van der Waals surface area contributed by atoms with Crippen molar-refractivity contribution < 1.29 is 19.1 Å². The molecule has 0 aliphatic carbocycles. The van der Waals surface area contributed by atoms with Gasteiger partial charge in [-0.25, -0.2) is 0 Å². The fraction of sp³-hybridized carbons (Fsp3) is 0.200. The van der Waals surface area contributed by atoms with Crippen LogP contribution in [-0.2, 0) is 4.79 Å². The molecular weight excluding hydrogens is 332 g/mol. The van der Waals surface area contributed by atoms with E-state index in [0.717, 1.165) is 5.56 Å². The lowest BCUT2D eigenvalue weighted by molar-refractivity contribution is -0.111. The Morgan fingerprint density at radius 1 is 0.962 bits per heavy atom. The Labute approximate surface area is 153 Å². The van der Waals surface area contributed by atoms with Gasteiger partial charge in [0.05, 0.1) is 14.2 Å². The van der Waals surface area contributed by atoms with E-state index in [1.807, 2.05) is 0 Å². The average molecular weight is 354 g/mol. The standard InChI is InChI=1S/C20H22N2O4/c1-22(2)20(24)15-8-5-14(6-9-15)7-12-19(23)21-16-10-11-17(25-3)18(13-16)26-4/h5-13H,1-4H3,(H,21,23)/b12-7+. The summed E-state index contributed by atoms with van der Waals surface area (Å²) in [5.74, 6) is 0.793. The Bertz CT molecular complexity index is 811. The Kier molecular flexibility index (Phi) is 6.38. The van der Waals surface area contributed by atoms with Crippen molar-refractivity contribution in [2.75, 3.05) is 33.6 Å². The zero-order valence-corrected chi connectivity index (χ0v) is 15.3. The summed E-state index contributed by atoms with van der Waals surface area (Å²) >= 11 is 0. The van der Waals surface area contributed by atoms with E-state index in [-0.39, 0.29) is 11.8 Å². The molecule has 26 heavy (non-hydrogen) atoms. The average Bonchev–Trinajstić information content (AvgIpc) is 2.66. The Morgan fingerprint density at radius 3 is 2.19 bits per heavy atom. The van der Waals surface area contributed by atoms with Crippen LogP contribution in [0.4, 0.5) is 5.69 Å². The predicted molar refractivity (Wildman–Crippen MR) is 102 cm³/mol. The molecule has 2 aromatic carbocycles. The number of benzene rings is 2. The molecule has 136 valence electrons. The maximum absolute atomic E-state index is 12.1. The molecule has 6 heteroatoms. The van der Waals surface area contributed by atoms with Crippen LogP contribution in [0.3, 0.4) is 0 Å². The molecule has 0 unspecified atom stereocenters. The van der Waals surface area contributed by atoms with Crippen molar-refractivity contribution in [2.45, 2.75) is 0 Å². The number of amides is 2. The Hall–Kier alpha value is -3.28. The van der Waals surface area contributed by atoms with Gasteiger partial charge in [-0.15, -0.1) is 0 Å². The number of nitrogens with zero attached hydrogens (tertiary/aromatic N) is 1. The second-order valence-corrected chi connectivity index (χ2v) is 5.71. The van der Waals surface area contributed by atoms with Crippen molar-refractivity contribution in [1.82, 2.24) is 4.90 Å². The molecule has 0 spiro atoms. The SMILES string of the molecule is COc1ccc(NC(=O)/C=C/c2ccc(C(=O)N(C)C)cc2)cc1OC. The highest BCUT2D eigenvalue weighted by Crippen LogP contribution is 2.29. The van der Waals surface area contributed by atoms with E-state index in [0.29, 0.717) is 22.7 Å². The molecule has 0 radical (unpaired) electrons. The smallest absolute Gasteiger partial charge is 0.253 e. The van der Waals surface area contributed by atoms with E-state index < -0.39 is 0 Å². The van der Waals surface area contributed by atoms with Gasteiger partial charge in [0.15, 0.2) is 11.5 Å². The van der Waals surface area contributed by atoms with Crippen molar-refractivity contribution in [3.63, 3.8) is 0 Å². The minimum absolute atomic E-state index is 0.0632. The van der Waals surface area contributed by atoms with Crippen LogP contribution in [0.1, 0.15) is 15.9 Å². The van der Waals surface area contributed by atoms with E-state index in [1.54, 1.807) is 69.7 Å². The van der Waals surface area contributed by atoms with Crippen LogP contribution in [-0.4, -0.2) is 45.0 Å². The Morgan fingerprint density at radius 2 is 1.62 bits per heavy atom. The highest BCUT2D eigenvalue weighted by molar-refractivity contribution is 6.02. The van der Waals surface area contributed by atoms with Gasteiger partial charge in [-0.05, 0) is 35.9 Å². The Balaban J connectivity index is 2.02. The number of carbonyl (C=O) groups excluding carboxylic acids is 2. The molecule has 0 aromatic heterocycles. The summed E-state index contributed by atoms with van der Waals surface area (Å²) in [6, 6.07) is 12.2. The largest absolute Gasteiger partial charge is 0.493 e. The summed E-state index contributed by atoms with van der Waals surface area (Å²) in [4.78, 5) is 25.4. The van der Waals surface area contributed by atoms with Crippen LogP contribution < -0.4 is 14.8 Å². The summed E-state index contributed by atoms with van der Waals surface area (Å²) in [5, 5.41) is 2.76. The highest BCUT2D eigenvalue weighted by atomic mass is 16.5. The third-order valence-corrected chi connectivity index (χ3v) is 3.64. The van der Waals surface area contributed by atoms with E-state index in [9.17, 15) is 9.59 Å². The molecule has 0 bridgehead atoms. The minimum atomic E-state index is -0.273. The lowest BCUT2D eigenvalue weighted by atomic mass is 10.1. The van der Waals surface area contributed by atoms with Crippen molar-refractivity contribution in [3.05, 3.63) is 59.7 Å². The third-order valence-electron chi connectivity index (χ3n) is 3.64. The molecule has 0 saturated carbocycles. The topological polar surface area (TPSA) is 67.9 Å². The maximum atomic E-state index is 12.1. The van der Waals surface area contributed by atoms with Crippen molar-refractivity contribution in [1.29, 1.82) is 0 Å². The normalized spacial score (nSPS) is 10.5. The minimum Gasteiger partial charge on any atom is -0.493 e. The molecule has 2 rings (SSSR count). The summed E-state index contributed by atoms with van der Waals surface area (Å²) in [6.45, 7) is 0.